The highest BCUT2D eigenvalue weighted by atomic mass is 32.1. The molecular formula is C16H17NO3S. The van der Waals surface area contributed by atoms with E-state index in [0.29, 0.717) is 6.54 Å². The molecule has 5 heteroatoms. The number of aromatic carboxylic acids is 1. The molecule has 0 saturated carbocycles. The van der Waals surface area contributed by atoms with Gasteiger partial charge in [-0.3, -0.25) is 4.79 Å². The first-order valence-electron chi connectivity index (χ1n) is 6.58. The second-order valence-corrected chi connectivity index (χ2v) is 5.75. The number of carboxylic acid groups (broad SMARTS) is 1. The van der Waals surface area contributed by atoms with Crippen LogP contribution in [-0.2, 0) is 11.3 Å². The van der Waals surface area contributed by atoms with E-state index >= 15 is 0 Å². The number of thiophene rings is 1. The molecule has 0 radical (unpaired) electrons. The van der Waals surface area contributed by atoms with Gasteiger partial charge in [0.2, 0.25) is 5.91 Å². The monoisotopic (exact) mass is 303 g/mol. The highest BCUT2D eigenvalue weighted by molar-refractivity contribution is 7.08. The summed E-state index contributed by atoms with van der Waals surface area (Å²) >= 11 is 1.58. The van der Waals surface area contributed by atoms with Crippen molar-refractivity contribution in [1.29, 1.82) is 0 Å². The molecule has 1 heterocycles. The van der Waals surface area contributed by atoms with Crippen molar-refractivity contribution in [3.05, 3.63) is 57.8 Å². The Morgan fingerprint density at radius 2 is 1.90 bits per heavy atom. The van der Waals surface area contributed by atoms with Gasteiger partial charge < -0.3 is 10.0 Å². The Kier molecular flexibility index (Phi) is 4.75. The zero-order valence-corrected chi connectivity index (χ0v) is 12.8. The third kappa shape index (κ3) is 3.70. The minimum atomic E-state index is -0.947. The molecular weight excluding hydrogens is 286 g/mol. The van der Waals surface area contributed by atoms with Gasteiger partial charge in [0.1, 0.15) is 0 Å². The van der Waals surface area contributed by atoms with Crippen molar-refractivity contribution in [1.82, 2.24) is 4.90 Å². The smallest absolute Gasteiger partial charge is 0.335 e. The van der Waals surface area contributed by atoms with Crippen LogP contribution < -0.4 is 0 Å². The molecule has 21 heavy (non-hydrogen) atoms. The average Bonchev–Trinajstić information content (AvgIpc) is 3.00. The number of hydrogen-bond donors (Lipinski definition) is 1. The first-order valence-corrected chi connectivity index (χ1v) is 7.52. The van der Waals surface area contributed by atoms with E-state index in [1.54, 1.807) is 47.5 Å². The van der Waals surface area contributed by atoms with Crippen LogP contribution >= 0.6 is 11.3 Å². The molecule has 1 N–H and O–H groups in total. The molecule has 0 unspecified atom stereocenters. The summed E-state index contributed by atoms with van der Waals surface area (Å²) in [5.41, 5.74) is 2.19. The van der Waals surface area contributed by atoms with Crippen LogP contribution in [0.25, 0.3) is 0 Å². The van der Waals surface area contributed by atoms with Gasteiger partial charge in [-0.1, -0.05) is 12.1 Å². The number of carboxylic acids is 1. The predicted molar refractivity (Wildman–Crippen MR) is 82.6 cm³/mol. The third-order valence-corrected chi connectivity index (χ3v) is 4.11. The van der Waals surface area contributed by atoms with E-state index in [-0.39, 0.29) is 17.4 Å². The largest absolute Gasteiger partial charge is 0.478 e. The van der Waals surface area contributed by atoms with E-state index in [0.717, 1.165) is 11.1 Å². The average molecular weight is 303 g/mol. The standard InChI is InChI=1S/C16H17NO3S/c1-11(14-7-8-21-10-14)15(18)17(2)9-12-3-5-13(6-4-12)16(19)20/h3-8,10-11H,9H2,1-2H3,(H,19,20)/t11-/m1/s1. The fraction of sp³-hybridized carbons (Fsp3) is 0.250. The number of amides is 1. The highest BCUT2D eigenvalue weighted by Gasteiger charge is 2.19. The number of likely N-dealkylation sites (N-methyl/N-ethyl adjacent to an activating group) is 1. The maximum Gasteiger partial charge on any atom is 0.335 e. The molecule has 110 valence electrons. The summed E-state index contributed by atoms with van der Waals surface area (Å²) in [7, 11) is 1.76. The lowest BCUT2D eigenvalue weighted by Gasteiger charge is -2.21. The van der Waals surface area contributed by atoms with Crippen LogP contribution in [0, 0.1) is 0 Å². The molecule has 0 fully saturated rings. The number of nitrogens with zero attached hydrogens (tertiary/aromatic N) is 1. The second-order valence-electron chi connectivity index (χ2n) is 4.97. The minimum Gasteiger partial charge on any atom is -0.478 e. The number of hydrogen-bond acceptors (Lipinski definition) is 3. The highest BCUT2D eigenvalue weighted by Crippen LogP contribution is 2.21. The number of rotatable bonds is 5. The molecule has 0 aliphatic carbocycles. The maximum atomic E-state index is 12.4. The fourth-order valence-electron chi connectivity index (χ4n) is 2.10. The van der Waals surface area contributed by atoms with Gasteiger partial charge in [-0.2, -0.15) is 11.3 Å². The summed E-state index contributed by atoms with van der Waals surface area (Å²) in [6, 6.07) is 8.55. The normalized spacial score (nSPS) is 11.9. The maximum absolute atomic E-state index is 12.4. The summed E-state index contributed by atoms with van der Waals surface area (Å²) in [6.07, 6.45) is 0. The molecule has 2 aromatic rings. The van der Waals surface area contributed by atoms with Gasteiger partial charge in [-0.05, 0) is 47.0 Å². The van der Waals surface area contributed by atoms with Crippen molar-refractivity contribution in [3.63, 3.8) is 0 Å². The lowest BCUT2D eigenvalue weighted by molar-refractivity contribution is -0.131. The van der Waals surface area contributed by atoms with Gasteiger partial charge in [0.25, 0.3) is 0 Å². The molecule has 1 amide bonds. The SMILES string of the molecule is C[C@@H](C(=O)N(C)Cc1ccc(C(=O)O)cc1)c1ccsc1. The van der Waals surface area contributed by atoms with Crippen molar-refractivity contribution >= 4 is 23.2 Å². The molecule has 0 saturated heterocycles. The Morgan fingerprint density at radius 3 is 2.43 bits per heavy atom. The van der Waals surface area contributed by atoms with Gasteiger partial charge in [-0.25, -0.2) is 4.79 Å². The summed E-state index contributed by atoms with van der Waals surface area (Å²) in [6.45, 7) is 2.36. The van der Waals surface area contributed by atoms with Crippen LogP contribution in [0.2, 0.25) is 0 Å². The van der Waals surface area contributed by atoms with E-state index in [2.05, 4.69) is 0 Å². The van der Waals surface area contributed by atoms with Gasteiger partial charge in [-0.15, -0.1) is 0 Å². The van der Waals surface area contributed by atoms with Crippen LogP contribution in [0.1, 0.15) is 34.3 Å². The molecule has 1 atom stereocenters. The molecule has 0 aliphatic rings. The van der Waals surface area contributed by atoms with E-state index < -0.39 is 5.97 Å². The van der Waals surface area contributed by atoms with Crippen LogP contribution in [0.3, 0.4) is 0 Å². The number of benzene rings is 1. The number of carbonyl (C=O) groups is 2. The molecule has 0 spiro atoms. The molecule has 1 aromatic heterocycles. The fourth-order valence-corrected chi connectivity index (χ4v) is 2.85. The Bertz CT molecular complexity index is 619. The Labute approximate surface area is 127 Å². The van der Waals surface area contributed by atoms with Gasteiger partial charge in [0.15, 0.2) is 0 Å². The zero-order chi connectivity index (χ0) is 15.4. The lowest BCUT2D eigenvalue weighted by Crippen LogP contribution is -2.30. The van der Waals surface area contributed by atoms with Gasteiger partial charge in [0, 0.05) is 13.6 Å². The van der Waals surface area contributed by atoms with Crippen molar-refractivity contribution in [2.24, 2.45) is 0 Å². The van der Waals surface area contributed by atoms with Crippen LogP contribution in [0.5, 0.6) is 0 Å². The quantitative estimate of drug-likeness (QED) is 0.922. The zero-order valence-electron chi connectivity index (χ0n) is 11.9. The summed E-state index contributed by atoms with van der Waals surface area (Å²) in [5, 5.41) is 12.8. The van der Waals surface area contributed by atoms with Crippen LogP contribution in [0.4, 0.5) is 0 Å². The van der Waals surface area contributed by atoms with E-state index in [9.17, 15) is 9.59 Å². The Balaban J connectivity index is 2.02. The minimum absolute atomic E-state index is 0.0516. The lowest BCUT2D eigenvalue weighted by atomic mass is 10.0. The van der Waals surface area contributed by atoms with Crippen molar-refractivity contribution < 1.29 is 14.7 Å². The summed E-state index contributed by atoms with van der Waals surface area (Å²) in [5.74, 6) is -1.06. The Morgan fingerprint density at radius 1 is 1.24 bits per heavy atom. The van der Waals surface area contributed by atoms with Crippen molar-refractivity contribution in [3.8, 4) is 0 Å². The first-order chi connectivity index (χ1) is 9.99. The summed E-state index contributed by atoms with van der Waals surface area (Å²) in [4.78, 5) is 24.8. The van der Waals surface area contributed by atoms with E-state index in [1.807, 2.05) is 23.8 Å². The Hall–Kier alpha value is -2.14. The third-order valence-electron chi connectivity index (χ3n) is 3.41. The second kappa shape index (κ2) is 6.54. The van der Waals surface area contributed by atoms with Crippen molar-refractivity contribution in [2.75, 3.05) is 7.05 Å². The van der Waals surface area contributed by atoms with Crippen LogP contribution in [-0.4, -0.2) is 28.9 Å². The summed E-state index contributed by atoms with van der Waals surface area (Å²) < 4.78 is 0. The molecule has 1 aromatic carbocycles. The number of carbonyl (C=O) groups excluding carboxylic acids is 1. The van der Waals surface area contributed by atoms with Crippen LogP contribution in [0.15, 0.2) is 41.1 Å². The topological polar surface area (TPSA) is 57.6 Å². The molecule has 0 aliphatic heterocycles. The molecule has 4 nitrogen and oxygen atoms in total. The molecule has 2 rings (SSSR count). The first kappa shape index (κ1) is 15.3. The molecule has 0 bridgehead atoms. The van der Waals surface area contributed by atoms with E-state index in [1.165, 1.54) is 0 Å². The van der Waals surface area contributed by atoms with Gasteiger partial charge in [0.05, 0.1) is 11.5 Å². The van der Waals surface area contributed by atoms with E-state index in [4.69, 9.17) is 5.11 Å². The predicted octanol–water partition coefficient (Wildman–Crippen LogP) is 3.21. The van der Waals surface area contributed by atoms with Gasteiger partial charge >= 0.3 is 5.97 Å². The van der Waals surface area contributed by atoms with Crippen molar-refractivity contribution in [2.45, 2.75) is 19.4 Å².